The van der Waals surface area contributed by atoms with Crippen molar-refractivity contribution < 1.29 is 10.0 Å². The number of nitrogens with zero attached hydrogens (tertiary/aromatic N) is 1. The van der Waals surface area contributed by atoms with Crippen LogP contribution < -0.4 is 11.1 Å². The molecule has 0 bridgehead atoms. The minimum Gasteiger partial charge on any atom is -0.409 e. The van der Waals surface area contributed by atoms with Gasteiger partial charge in [0.05, 0.1) is 0 Å². The SMILES string of the molecule is CC1CCC(NC(=O)C(C)C(C)C)(C(N)=NO)CC1. The van der Waals surface area contributed by atoms with Crippen molar-refractivity contribution in [1.82, 2.24) is 5.32 Å². The third kappa shape index (κ3) is 3.61. The number of amides is 1. The zero-order chi connectivity index (χ0) is 14.6. The van der Waals surface area contributed by atoms with E-state index in [1.807, 2.05) is 20.8 Å². The molecule has 0 aliphatic heterocycles. The molecule has 0 heterocycles. The molecule has 19 heavy (non-hydrogen) atoms. The van der Waals surface area contributed by atoms with Gasteiger partial charge in [0.15, 0.2) is 5.84 Å². The van der Waals surface area contributed by atoms with Crippen molar-refractivity contribution in [2.75, 3.05) is 0 Å². The lowest BCUT2D eigenvalue weighted by Crippen LogP contribution is -2.60. The summed E-state index contributed by atoms with van der Waals surface area (Å²) in [5.74, 6) is 0.925. The molecule has 5 nitrogen and oxygen atoms in total. The number of nitrogens with one attached hydrogen (secondary N) is 1. The lowest BCUT2D eigenvalue weighted by molar-refractivity contribution is -0.127. The quantitative estimate of drug-likeness (QED) is 0.316. The lowest BCUT2D eigenvalue weighted by Gasteiger charge is -2.39. The fourth-order valence-electron chi connectivity index (χ4n) is 2.45. The summed E-state index contributed by atoms with van der Waals surface area (Å²) in [6.07, 6.45) is 3.43. The van der Waals surface area contributed by atoms with Gasteiger partial charge < -0.3 is 16.3 Å². The molecule has 1 aliphatic rings. The van der Waals surface area contributed by atoms with Gasteiger partial charge in [-0.3, -0.25) is 4.79 Å². The summed E-state index contributed by atoms with van der Waals surface area (Å²) in [7, 11) is 0. The van der Waals surface area contributed by atoms with Crippen molar-refractivity contribution in [1.29, 1.82) is 0 Å². The second-order valence-electron chi connectivity index (χ2n) is 6.27. The van der Waals surface area contributed by atoms with E-state index >= 15 is 0 Å². The topological polar surface area (TPSA) is 87.7 Å². The fourth-order valence-corrected chi connectivity index (χ4v) is 2.45. The molecular weight excluding hydrogens is 242 g/mol. The van der Waals surface area contributed by atoms with Gasteiger partial charge in [-0.15, -0.1) is 0 Å². The Morgan fingerprint density at radius 1 is 1.37 bits per heavy atom. The molecule has 0 spiro atoms. The predicted octanol–water partition coefficient (Wildman–Crippen LogP) is 2.09. The Kier molecular flexibility index (Phi) is 5.20. The highest BCUT2D eigenvalue weighted by Gasteiger charge is 2.40. The van der Waals surface area contributed by atoms with E-state index in [9.17, 15) is 4.79 Å². The predicted molar refractivity (Wildman–Crippen MR) is 75.9 cm³/mol. The van der Waals surface area contributed by atoms with Gasteiger partial charge in [-0.2, -0.15) is 0 Å². The molecule has 0 aromatic carbocycles. The summed E-state index contributed by atoms with van der Waals surface area (Å²) in [5, 5.41) is 15.2. The molecule has 1 fully saturated rings. The fraction of sp³-hybridized carbons (Fsp3) is 0.857. The molecule has 1 saturated carbocycles. The Morgan fingerprint density at radius 2 is 1.89 bits per heavy atom. The number of amidine groups is 1. The van der Waals surface area contributed by atoms with Crippen LogP contribution in [-0.2, 0) is 4.79 Å². The van der Waals surface area contributed by atoms with Crippen LogP contribution in [0, 0.1) is 17.8 Å². The van der Waals surface area contributed by atoms with Crippen molar-refractivity contribution in [2.24, 2.45) is 28.6 Å². The monoisotopic (exact) mass is 269 g/mol. The van der Waals surface area contributed by atoms with Crippen LogP contribution in [0.1, 0.15) is 53.4 Å². The molecule has 0 aromatic heterocycles. The van der Waals surface area contributed by atoms with Gasteiger partial charge in [0, 0.05) is 5.92 Å². The van der Waals surface area contributed by atoms with Gasteiger partial charge in [-0.1, -0.05) is 32.9 Å². The molecule has 1 aliphatic carbocycles. The molecule has 110 valence electrons. The molecule has 5 heteroatoms. The number of carbonyl (C=O) groups excluding carboxylic acids is 1. The van der Waals surface area contributed by atoms with Gasteiger partial charge in [-0.25, -0.2) is 0 Å². The second kappa shape index (κ2) is 6.26. The normalized spacial score (nSPS) is 30.2. The second-order valence-corrected chi connectivity index (χ2v) is 6.27. The van der Waals surface area contributed by atoms with E-state index in [0.717, 1.165) is 25.7 Å². The summed E-state index contributed by atoms with van der Waals surface area (Å²) < 4.78 is 0. The van der Waals surface area contributed by atoms with Crippen LogP contribution in [0.2, 0.25) is 0 Å². The molecule has 4 N–H and O–H groups in total. The first-order valence-corrected chi connectivity index (χ1v) is 7.12. The first-order valence-electron chi connectivity index (χ1n) is 7.12. The zero-order valence-corrected chi connectivity index (χ0v) is 12.4. The smallest absolute Gasteiger partial charge is 0.223 e. The maximum absolute atomic E-state index is 12.3. The Morgan fingerprint density at radius 3 is 2.32 bits per heavy atom. The van der Waals surface area contributed by atoms with Crippen molar-refractivity contribution in [3.63, 3.8) is 0 Å². The number of rotatable bonds is 4. The van der Waals surface area contributed by atoms with Crippen LogP contribution in [0.5, 0.6) is 0 Å². The number of nitrogens with two attached hydrogens (primary N) is 1. The van der Waals surface area contributed by atoms with Gasteiger partial charge in [0.25, 0.3) is 0 Å². The van der Waals surface area contributed by atoms with E-state index in [1.165, 1.54) is 0 Å². The molecular formula is C14H27N3O2. The summed E-state index contributed by atoms with van der Waals surface area (Å²) in [6.45, 7) is 8.13. The average molecular weight is 269 g/mol. The summed E-state index contributed by atoms with van der Waals surface area (Å²) in [4.78, 5) is 12.3. The van der Waals surface area contributed by atoms with Crippen LogP contribution in [0.3, 0.4) is 0 Å². The van der Waals surface area contributed by atoms with E-state index in [2.05, 4.69) is 17.4 Å². The number of hydrogen-bond acceptors (Lipinski definition) is 3. The Balaban J connectivity index is 2.85. The molecule has 0 aromatic rings. The summed E-state index contributed by atoms with van der Waals surface area (Å²) >= 11 is 0. The highest BCUT2D eigenvalue weighted by atomic mass is 16.4. The molecule has 1 amide bonds. The van der Waals surface area contributed by atoms with Crippen molar-refractivity contribution in [3.8, 4) is 0 Å². The van der Waals surface area contributed by atoms with E-state index in [1.54, 1.807) is 0 Å². The highest BCUT2D eigenvalue weighted by molar-refractivity contribution is 5.94. The molecule has 0 saturated heterocycles. The van der Waals surface area contributed by atoms with Gasteiger partial charge in [0.1, 0.15) is 5.54 Å². The van der Waals surface area contributed by atoms with Crippen molar-refractivity contribution in [3.05, 3.63) is 0 Å². The van der Waals surface area contributed by atoms with Crippen LogP contribution in [0.4, 0.5) is 0 Å². The minimum absolute atomic E-state index is 0.0175. The highest BCUT2D eigenvalue weighted by Crippen LogP contribution is 2.32. The standard InChI is InChI=1S/C14H27N3O2/c1-9(2)11(4)12(18)16-14(13(15)17-19)7-5-10(3)6-8-14/h9-11,19H,5-8H2,1-4H3,(H2,15,17)(H,16,18). The zero-order valence-electron chi connectivity index (χ0n) is 12.4. The van der Waals surface area contributed by atoms with Crippen LogP contribution in [0.15, 0.2) is 5.16 Å². The van der Waals surface area contributed by atoms with Crippen molar-refractivity contribution in [2.45, 2.75) is 58.9 Å². The minimum atomic E-state index is -0.665. The summed E-state index contributed by atoms with van der Waals surface area (Å²) in [5.41, 5.74) is 5.17. The molecule has 1 unspecified atom stereocenters. The van der Waals surface area contributed by atoms with Crippen molar-refractivity contribution >= 4 is 11.7 Å². The summed E-state index contributed by atoms with van der Waals surface area (Å²) in [6, 6.07) is 0. The first kappa shape index (κ1) is 15.8. The van der Waals surface area contributed by atoms with E-state index in [4.69, 9.17) is 10.9 Å². The van der Waals surface area contributed by atoms with Gasteiger partial charge in [0.2, 0.25) is 5.91 Å². The lowest BCUT2D eigenvalue weighted by atomic mass is 9.76. The largest absolute Gasteiger partial charge is 0.409 e. The third-order valence-corrected chi connectivity index (χ3v) is 4.50. The first-order chi connectivity index (χ1) is 8.82. The van der Waals surface area contributed by atoms with Crippen LogP contribution in [-0.4, -0.2) is 22.5 Å². The Labute approximate surface area is 115 Å². The molecule has 0 radical (unpaired) electrons. The van der Waals surface area contributed by atoms with Crippen LogP contribution >= 0.6 is 0 Å². The third-order valence-electron chi connectivity index (χ3n) is 4.50. The maximum atomic E-state index is 12.3. The molecule has 1 atom stereocenters. The number of hydrogen-bond donors (Lipinski definition) is 3. The van der Waals surface area contributed by atoms with E-state index in [0.29, 0.717) is 5.92 Å². The van der Waals surface area contributed by atoms with E-state index < -0.39 is 5.54 Å². The molecule has 1 rings (SSSR count). The van der Waals surface area contributed by atoms with Gasteiger partial charge in [-0.05, 0) is 37.5 Å². The number of oxime groups is 1. The van der Waals surface area contributed by atoms with Crippen LogP contribution in [0.25, 0.3) is 0 Å². The average Bonchev–Trinajstić information content (AvgIpc) is 2.39. The maximum Gasteiger partial charge on any atom is 0.223 e. The Bertz CT molecular complexity index is 345. The van der Waals surface area contributed by atoms with E-state index in [-0.39, 0.29) is 23.6 Å². The Hall–Kier alpha value is -1.26. The number of carbonyl (C=O) groups is 1. The van der Waals surface area contributed by atoms with Gasteiger partial charge >= 0.3 is 0 Å².